The second kappa shape index (κ2) is 9.88. The topological polar surface area (TPSA) is 89.8 Å². The van der Waals surface area contributed by atoms with Gasteiger partial charge in [-0.1, -0.05) is 11.6 Å². The fraction of sp³-hybridized carbons (Fsp3) is 0.273. The minimum absolute atomic E-state index is 0.324. The number of benzene rings is 1. The summed E-state index contributed by atoms with van der Waals surface area (Å²) in [7, 11) is 0. The van der Waals surface area contributed by atoms with Crippen LogP contribution in [0.4, 0.5) is 10.3 Å². The van der Waals surface area contributed by atoms with Crippen LogP contribution in [0.3, 0.4) is 0 Å². The number of hydrogen-bond donors (Lipinski definition) is 0. The van der Waals surface area contributed by atoms with Crippen LogP contribution >= 0.6 is 11.6 Å². The largest absolute Gasteiger partial charge is 0.378 e. The molecule has 1 aliphatic rings. The van der Waals surface area contributed by atoms with Crippen molar-refractivity contribution < 1.29 is 9.13 Å². The number of halogens is 2. The van der Waals surface area contributed by atoms with Crippen LogP contribution in [0.25, 0.3) is 22.4 Å². The van der Waals surface area contributed by atoms with Gasteiger partial charge in [-0.2, -0.15) is 4.98 Å². The summed E-state index contributed by atoms with van der Waals surface area (Å²) in [5.41, 5.74) is 2.38. The van der Waals surface area contributed by atoms with Crippen molar-refractivity contribution in [2.45, 2.75) is 13.8 Å². The average Bonchev–Trinajstić information content (AvgIpc) is 2.80. The Kier molecular flexibility index (Phi) is 6.77. The van der Waals surface area contributed by atoms with Crippen LogP contribution in [0.2, 0.25) is 5.02 Å². The van der Waals surface area contributed by atoms with Gasteiger partial charge in [0.15, 0.2) is 5.65 Å². The predicted molar refractivity (Wildman–Crippen MR) is 120 cm³/mol. The molecule has 10 heteroatoms. The maximum atomic E-state index is 14.5. The molecule has 3 aromatic heterocycles. The molecule has 0 N–H and O–H groups in total. The van der Waals surface area contributed by atoms with Gasteiger partial charge in [0, 0.05) is 42.3 Å². The zero-order chi connectivity index (χ0) is 22.5. The zero-order valence-electron chi connectivity index (χ0n) is 17.7. The molecule has 0 amide bonds. The van der Waals surface area contributed by atoms with Crippen molar-refractivity contribution in [2.24, 2.45) is 0 Å². The van der Waals surface area contributed by atoms with Gasteiger partial charge in [0.1, 0.15) is 22.9 Å². The highest BCUT2D eigenvalue weighted by Gasteiger charge is 2.20. The molecule has 0 radical (unpaired) electrons. The average molecular weight is 454 g/mol. The SMILES string of the molecule is Cc1cnc2c(-c3ccc(Cl)cc3F)nc(N3CCOCC3)nc2n1.Cc1ncccn1. The number of hydrogen-bond acceptors (Lipinski definition) is 8. The number of ether oxygens (including phenoxy) is 1. The van der Waals surface area contributed by atoms with Gasteiger partial charge in [-0.15, -0.1) is 0 Å². The highest BCUT2D eigenvalue weighted by molar-refractivity contribution is 6.30. The normalized spacial score (nSPS) is 13.6. The fourth-order valence-electron chi connectivity index (χ4n) is 3.13. The van der Waals surface area contributed by atoms with Crippen LogP contribution in [0, 0.1) is 19.7 Å². The Morgan fingerprint density at radius 1 is 1.00 bits per heavy atom. The van der Waals surface area contributed by atoms with Gasteiger partial charge >= 0.3 is 0 Å². The third-order valence-corrected chi connectivity index (χ3v) is 4.93. The van der Waals surface area contributed by atoms with Crippen LogP contribution in [0.5, 0.6) is 0 Å². The van der Waals surface area contributed by atoms with Gasteiger partial charge in [-0.05, 0) is 38.1 Å². The molecule has 0 bridgehead atoms. The Hall–Kier alpha value is -3.30. The predicted octanol–water partition coefficient (Wildman–Crippen LogP) is 3.81. The molecule has 1 fully saturated rings. The molecular weight excluding hydrogens is 433 g/mol. The third kappa shape index (κ3) is 5.12. The molecule has 4 aromatic rings. The molecular formula is C22H21ClFN7O. The van der Waals surface area contributed by atoms with Crippen molar-refractivity contribution in [1.82, 2.24) is 29.9 Å². The maximum absolute atomic E-state index is 14.5. The fourth-order valence-corrected chi connectivity index (χ4v) is 3.29. The van der Waals surface area contributed by atoms with Gasteiger partial charge in [0.05, 0.1) is 18.9 Å². The van der Waals surface area contributed by atoms with Crippen LogP contribution in [0.15, 0.2) is 42.9 Å². The molecule has 0 spiro atoms. The standard InChI is InChI=1S/C17H15ClFN5O.C5H6N2/c1-10-9-20-15-14(12-3-2-11(18)8-13(12)19)22-17(23-16(15)21-10)24-4-6-25-7-5-24;1-5-6-3-2-4-7-5/h2-3,8-9H,4-7H2,1H3;2-4H,1H3. The van der Waals surface area contributed by atoms with E-state index in [9.17, 15) is 4.39 Å². The van der Waals surface area contributed by atoms with E-state index in [0.717, 1.165) is 11.5 Å². The lowest BCUT2D eigenvalue weighted by molar-refractivity contribution is 0.122. The monoisotopic (exact) mass is 453 g/mol. The lowest BCUT2D eigenvalue weighted by Gasteiger charge is -2.27. The maximum Gasteiger partial charge on any atom is 0.228 e. The lowest BCUT2D eigenvalue weighted by Crippen LogP contribution is -2.37. The number of rotatable bonds is 2. The molecule has 4 heterocycles. The van der Waals surface area contributed by atoms with E-state index < -0.39 is 5.82 Å². The summed E-state index contributed by atoms with van der Waals surface area (Å²) in [6.45, 7) is 6.25. The van der Waals surface area contributed by atoms with Crippen LogP contribution in [0.1, 0.15) is 11.5 Å². The first kappa shape index (κ1) is 21.9. The van der Waals surface area contributed by atoms with Crippen molar-refractivity contribution in [3.05, 3.63) is 65.2 Å². The first-order valence-electron chi connectivity index (χ1n) is 10.0. The molecule has 8 nitrogen and oxygen atoms in total. The van der Waals surface area contributed by atoms with Gasteiger partial charge in [-0.3, -0.25) is 0 Å². The second-order valence-electron chi connectivity index (χ2n) is 7.08. The van der Waals surface area contributed by atoms with E-state index in [1.807, 2.05) is 18.7 Å². The molecule has 0 aliphatic carbocycles. The smallest absolute Gasteiger partial charge is 0.228 e. The third-order valence-electron chi connectivity index (χ3n) is 4.69. The van der Waals surface area contributed by atoms with E-state index in [1.54, 1.807) is 36.8 Å². The Labute approximate surface area is 189 Å². The molecule has 0 atom stereocenters. The molecule has 1 aromatic carbocycles. The Morgan fingerprint density at radius 3 is 2.41 bits per heavy atom. The van der Waals surface area contributed by atoms with Crippen molar-refractivity contribution in [3.63, 3.8) is 0 Å². The molecule has 0 saturated carbocycles. The quantitative estimate of drug-likeness (QED) is 0.452. The van der Waals surface area contributed by atoms with Gasteiger partial charge < -0.3 is 9.64 Å². The summed E-state index contributed by atoms with van der Waals surface area (Å²) in [5, 5.41) is 0.329. The van der Waals surface area contributed by atoms with E-state index in [1.165, 1.54) is 6.07 Å². The molecule has 1 saturated heterocycles. The summed E-state index contributed by atoms with van der Waals surface area (Å²) >= 11 is 5.87. The molecule has 164 valence electrons. The van der Waals surface area contributed by atoms with Gasteiger partial charge in [0.25, 0.3) is 0 Å². The highest BCUT2D eigenvalue weighted by Crippen LogP contribution is 2.30. The van der Waals surface area contributed by atoms with Crippen LogP contribution in [-0.2, 0) is 4.74 Å². The summed E-state index contributed by atoms with van der Waals surface area (Å²) in [4.78, 5) is 27.7. The Morgan fingerprint density at radius 2 is 1.75 bits per heavy atom. The van der Waals surface area contributed by atoms with Crippen molar-refractivity contribution in [2.75, 3.05) is 31.2 Å². The first-order valence-corrected chi connectivity index (χ1v) is 10.4. The Bertz CT molecular complexity index is 1220. The first-order chi connectivity index (χ1) is 15.5. The van der Waals surface area contributed by atoms with E-state index in [0.29, 0.717) is 59.7 Å². The summed E-state index contributed by atoms with van der Waals surface area (Å²) in [6.07, 6.45) is 5.07. The number of anilines is 1. The van der Waals surface area contributed by atoms with Crippen molar-refractivity contribution in [1.29, 1.82) is 0 Å². The van der Waals surface area contributed by atoms with Crippen LogP contribution in [-0.4, -0.2) is 56.2 Å². The number of fused-ring (bicyclic) bond motifs is 1. The van der Waals surface area contributed by atoms with E-state index in [-0.39, 0.29) is 0 Å². The molecule has 1 aliphatic heterocycles. The van der Waals surface area contributed by atoms with E-state index >= 15 is 0 Å². The molecule has 0 unspecified atom stereocenters. The summed E-state index contributed by atoms with van der Waals surface area (Å²) in [5.74, 6) is 0.866. The van der Waals surface area contributed by atoms with Crippen molar-refractivity contribution in [3.8, 4) is 11.3 Å². The van der Waals surface area contributed by atoms with Gasteiger partial charge in [-0.25, -0.2) is 29.3 Å². The zero-order valence-corrected chi connectivity index (χ0v) is 18.4. The minimum Gasteiger partial charge on any atom is -0.378 e. The minimum atomic E-state index is -0.456. The highest BCUT2D eigenvalue weighted by atomic mass is 35.5. The lowest BCUT2D eigenvalue weighted by atomic mass is 10.1. The summed E-state index contributed by atoms with van der Waals surface area (Å²) in [6, 6.07) is 6.29. The summed E-state index contributed by atoms with van der Waals surface area (Å²) < 4.78 is 19.9. The van der Waals surface area contributed by atoms with E-state index in [2.05, 4.69) is 29.9 Å². The van der Waals surface area contributed by atoms with Crippen LogP contribution < -0.4 is 4.90 Å². The van der Waals surface area contributed by atoms with E-state index in [4.69, 9.17) is 16.3 Å². The second-order valence-corrected chi connectivity index (χ2v) is 7.51. The number of morpholine rings is 1. The molecule has 5 rings (SSSR count). The number of aromatic nitrogens is 6. The van der Waals surface area contributed by atoms with Crippen molar-refractivity contribution >= 4 is 28.7 Å². The Balaban J connectivity index is 0.000000300. The number of nitrogens with zero attached hydrogens (tertiary/aromatic N) is 7. The number of aryl methyl sites for hydroxylation is 2. The van der Waals surface area contributed by atoms with Gasteiger partial charge in [0.2, 0.25) is 5.95 Å². The molecule has 32 heavy (non-hydrogen) atoms.